The minimum Gasteiger partial charge on any atom is -0.283 e. The zero-order valence-corrected chi connectivity index (χ0v) is 5.48. The van der Waals surface area contributed by atoms with Crippen LogP contribution in [0.2, 0.25) is 0 Å². The van der Waals surface area contributed by atoms with Gasteiger partial charge in [-0.1, -0.05) is 0 Å². The molecule has 2 unspecified atom stereocenters. The Hall–Kier alpha value is -0.300. The van der Waals surface area contributed by atoms with Crippen LogP contribution >= 0.6 is 0 Å². The van der Waals surface area contributed by atoms with Gasteiger partial charge in [-0.15, -0.1) is 0 Å². The third-order valence-corrected chi connectivity index (χ3v) is 1.58. The van der Waals surface area contributed by atoms with E-state index in [1.165, 1.54) is 0 Å². The highest BCUT2D eigenvalue weighted by Crippen LogP contribution is 2.10. The molecule has 3 nitrogen and oxygen atoms in total. The monoisotopic (exact) mass is 178 g/mol. The van der Waals surface area contributed by atoms with Crippen LogP contribution in [0, 0.1) is 0 Å². The molecule has 7 heteroatoms. The molecule has 0 saturated carbocycles. The fourth-order valence-electron chi connectivity index (χ4n) is 0.257. The second kappa shape index (κ2) is 3.20. The molecule has 2 atom stereocenters. The Morgan fingerprint density at radius 1 is 1.40 bits per heavy atom. The van der Waals surface area contributed by atoms with Gasteiger partial charge in [0.15, 0.2) is 6.17 Å². The van der Waals surface area contributed by atoms with Crippen molar-refractivity contribution < 1.29 is 26.1 Å². The van der Waals surface area contributed by atoms with Crippen LogP contribution in [0.3, 0.4) is 0 Å². The second-order valence-electron chi connectivity index (χ2n) is 1.54. The summed E-state index contributed by atoms with van der Waals surface area (Å²) in [5, 5.41) is 0. The lowest BCUT2D eigenvalue weighted by atomic mass is 10.5. The van der Waals surface area contributed by atoms with Crippen LogP contribution in [0.1, 0.15) is 0 Å². The molecule has 0 heterocycles. The predicted octanol–water partition coefficient (Wildman–Crippen LogP) is 0.477. The zero-order valence-electron chi connectivity index (χ0n) is 4.67. The first-order valence-electron chi connectivity index (χ1n) is 2.20. The van der Waals surface area contributed by atoms with Crippen molar-refractivity contribution in [3.8, 4) is 0 Å². The highest BCUT2D eigenvalue weighted by atomic mass is 32.2. The molecule has 62 valence electrons. The molecule has 0 aromatic heterocycles. The van der Waals surface area contributed by atoms with Crippen molar-refractivity contribution in [1.82, 2.24) is 0 Å². The first kappa shape index (κ1) is 9.70. The van der Waals surface area contributed by atoms with Gasteiger partial charge >= 0.3 is 10.1 Å². The van der Waals surface area contributed by atoms with Crippen molar-refractivity contribution in [3.63, 3.8) is 0 Å². The Bertz CT molecular complexity index is 189. The molecule has 0 aliphatic heterocycles. The predicted molar refractivity (Wildman–Crippen MR) is 27.3 cm³/mol. The van der Waals surface area contributed by atoms with Crippen molar-refractivity contribution in [2.45, 2.75) is 11.7 Å². The number of halogens is 3. The minimum absolute atomic E-state index is 1.78. The Morgan fingerprint density at radius 3 is 1.90 bits per heavy atom. The van der Waals surface area contributed by atoms with E-state index in [1.54, 1.807) is 0 Å². The fraction of sp³-hybridized carbons (Fsp3) is 1.00. The van der Waals surface area contributed by atoms with E-state index in [2.05, 4.69) is 0 Å². The van der Waals surface area contributed by atoms with Gasteiger partial charge in [0.2, 0.25) is 0 Å². The molecule has 0 rings (SSSR count). The van der Waals surface area contributed by atoms with E-state index in [1.807, 2.05) is 0 Å². The summed E-state index contributed by atoms with van der Waals surface area (Å²) in [4.78, 5) is 0. The van der Waals surface area contributed by atoms with Gasteiger partial charge in [-0.05, 0) is 0 Å². The van der Waals surface area contributed by atoms with Crippen molar-refractivity contribution >= 4 is 10.1 Å². The number of hydrogen-bond donors (Lipinski definition) is 1. The van der Waals surface area contributed by atoms with Crippen LogP contribution in [0.5, 0.6) is 0 Å². The molecule has 0 bridgehead atoms. The third-order valence-electron chi connectivity index (χ3n) is 0.716. The highest BCUT2D eigenvalue weighted by molar-refractivity contribution is 7.86. The molecule has 0 saturated heterocycles. The maximum Gasteiger partial charge on any atom is 0.300 e. The van der Waals surface area contributed by atoms with Crippen LogP contribution < -0.4 is 0 Å². The topological polar surface area (TPSA) is 54.4 Å². The van der Waals surface area contributed by atoms with E-state index < -0.39 is 28.5 Å². The quantitative estimate of drug-likeness (QED) is 0.639. The molecule has 1 N–H and O–H groups in total. The lowest BCUT2D eigenvalue weighted by Gasteiger charge is -2.05. The summed E-state index contributed by atoms with van der Waals surface area (Å²) in [5.74, 6) is 0. The summed E-state index contributed by atoms with van der Waals surface area (Å²) in [6, 6.07) is 0. The summed E-state index contributed by atoms with van der Waals surface area (Å²) < 4.78 is 61.9. The van der Waals surface area contributed by atoms with Gasteiger partial charge in [-0.2, -0.15) is 8.42 Å². The second-order valence-corrected chi connectivity index (χ2v) is 3.02. The Labute approximate surface area is 55.6 Å². The molecule has 0 spiro atoms. The maximum absolute atomic E-state index is 11.9. The van der Waals surface area contributed by atoms with E-state index in [9.17, 15) is 21.6 Å². The molecule has 0 radical (unpaired) electrons. The van der Waals surface area contributed by atoms with E-state index in [-0.39, 0.29) is 0 Å². The third kappa shape index (κ3) is 2.53. The SMILES string of the molecule is O=S(=O)(O)C(F)C(F)CF. The van der Waals surface area contributed by atoms with E-state index >= 15 is 0 Å². The van der Waals surface area contributed by atoms with Gasteiger partial charge in [-0.3, -0.25) is 4.55 Å². The standard InChI is InChI=1S/C3H5F3O3S/c4-1-2(5)3(6)10(7,8)9/h2-3H,1H2,(H,7,8,9). The first-order valence-corrected chi connectivity index (χ1v) is 3.70. The van der Waals surface area contributed by atoms with Gasteiger partial charge in [0.1, 0.15) is 6.67 Å². The lowest BCUT2D eigenvalue weighted by molar-refractivity contribution is 0.178. The summed E-state index contributed by atoms with van der Waals surface area (Å²) in [6.45, 7) is -1.78. The van der Waals surface area contributed by atoms with Crippen LogP contribution in [-0.4, -0.2) is 31.3 Å². The van der Waals surface area contributed by atoms with Gasteiger partial charge < -0.3 is 0 Å². The summed E-state index contributed by atoms with van der Waals surface area (Å²) in [7, 11) is -5.10. The van der Waals surface area contributed by atoms with Gasteiger partial charge in [-0.25, -0.2) is 13.2 Å². The molecule has 0 aliphatic carbocycles. The van der Waals surface area contributed by atoms with Crippen LogP contribution in [0.15, 0.2) is 0 Å². The smallest absolute Gasteiger partial charge is 0.283 e. The molecule has 0 amide bonds. The average Bonchev–Trinajstić information content (AvgIpc) is 1.83. The largest absolute Gasteiger partial charge is 0.300 e. The Kier molecular flexibility index (Phi) is 3.10. The summed E-state index contributed by atoms with van der Waals surface area (Å²) in [5.41, 5.74) is -3.18. The van der Waals surface area contributed by atoms with E-state index in [4.69, 9.17) is 4.55 Å². The highest BCUT2D eigenvalue weighted by Gasteiger charge is 2.32. The number of rotatable bonds is 3. The summed E-state index contributed by atoms with van der Waals surface area (Å²) >= 11 is 0. The van der Waals surface area contributed by atoms with Crippen molar-refractivity contribution in [2.75, 3.05) is 6.67 Å². The van der Waals surface area contributed by atoms with Crippen molar-refractivity contribution in [1.29, 1.82) is 0 Å². The van der Waals surface area contributed by atoms with Crippen LogP contribution in [0.25, 0.3) is 0 Å². The van der Waals surface area contributed by atoms with Crippen molar-refractivity contribution in [3.05, 3.63) is 0 Å². The van der Waals surface area contributed by atoms with Crippen LogP contribution in [0.4, 0.5) is 13.2 Å². The maximum atomic E-state index is 11.9. The van der Waals surface area contributed by atoms with Gasteiger partial charge in [0.25, 0.3) is 5.50 Å². The number of alkyl halides is 3. The number of hydrogen-bond acceptors (Lipinski definition) is 2. The average molecular weight is 178 g/mol. The molecule has 0 aromatic rings. The molecular weight excluding hydrogens is 173 g/mol. The Morgan fingerprint density at radius 2 is 1.80 bits per heavy atom. The molecule has 0 fully saturated rings. The normalized spacial score (nSPS) is 18.4. The molecule has 0 aromatic carbocycles. The zero-order chi connectivity index (χ0) is 8.36. The van der Waals surface area contributed by atoms with Crippen molar-refractivity contribution in [2.24, 2.45) is 0 Å². The fourth-order valence-corrected chi connectivity index (χ4v) is 0.703. The van der Waals surface area contributed by atoms with E-state index in [0.29, 0.717) is 0 Å². The Balaban J connectivity index is 4.23. The minimum atomic E-state index is -5.10. The molecule has 10 heavy (non-hydrogen) atoms. The van der Waals surface area contributed by atoms with Gasteiger partial charge in [0.05, 0.1) is 0 Å². The lowest BCUT2D eigenvalue weighted by Crippen LogP contribution is -2.27. The van der Waals surface area contributed by atoms with E-state index in [0.717, 1.165) is 0 Å². The van der Waals surface area contributed by atoms with Gasteiger partial charge in [0, 0.05) is 0 Å². The molecule has 0 aliphatic rings. The first-order chi connectivity index (χ1) is 4.39. The van der Waals surface area contributed by atoms with Crippen LogP contribution in [-0.2, 0) is 10.1 Å². The summed E-state index contributed by atoms with van der Waals surface area (Å²) in [6.07, 6.45) is -2.81. The molecular formula is C3H5F3O3S.